The highest BCUT2D eigenvalue weighted by molar-refractivity contribution is 6.31. The van der Waals surface area contributed by atoms with Gasteiger partial charge < -0.3 is 4.74 Å². The SMILES string of the molecule is COc1ccccc1Cn1cnc2ccc(Cl)cc2c1=O. The first-order valence-corrected chi connectivity index (χ1v) is 6.83. The number of hydrogen-bond donors (Lipinski definition) is 0. The third-order valence-electron chi connectivity index (χ3n) is 3.32. The largest absolute Gasteiger partial charge is 0.496 e. The Morgan fingerprint density at radius 1 is 1.24 bits per heavy atom. The summed E-state index contributed by atoms with van der Waals surface area (Å²) in [6, 6.07) is 12.7. The van der Waals surface area contributed by atoms with Crippen molar-refractivity contribution in [3.63, 3.8) is 0 Å². The molecule has 2 aromatic carbocycles. The minimum Gasteiger partial charge on any atom is -0.496 e. The van der Waals surface area contributed by atoms with E-state index in [0.29, 0.717) is 22.5 Å². The second kappa shape index (κ2) is 5.58. The Hall–Kier alpha value is -2.33. The zero-order valence-corrected chi connectivity index (χ0v) is 12.2. The van der Waals surface area contributed by atoms with Gasteiger partial charge in [0, 0.05) is 10.6 Å². The number of rotatable bonds is 3. The summed E-state index contributed by atoms with van der Waals surface area (Å²) in [4.78, 5) is 16.8. The van der Waals surface area contributed by atoms with E-state index in [0.717, 1.165) is 11.3 Å². The fourth-order valence-electron chi connectivity index (χ4n) is 2.26. The van der Waals surface area contributed by atoms with Crippen molar-refractivity contribution in [3.05, 3.63) is 69.7 Å². The maximum Gasteiger partial charge on any atom is 0.261 e. The lowest BCUT2D eigenvalue weighted by molar-refractivity contribution is 0.408. The average Bonchev–Trinajstić information content (AvgIpc) is 2.51. The Bertz CT molecular complexity index is 858. The zero-order chi connectivity index (χ0) is 14.8. The molecule has 0 aliphatic carbocycles. The molecule has 0 spiro atoms. The van der Waals surface area contributed by atoms with Gasteiger partial charge in [0.15, 0.2) is 0 Å². The van der Waals surface area contributed by atoms with Gasteiger partial charge in [-0.05, 0) is 24.3 Å². The Morgan fingerprint density at radius 2 is 2.05 bits per heavy atom. The van der Waals surface area contributed by atoms with Gasteiger partial charge in [0.25, 0.3) is 5.56 Å². The molecule has 0 N–H and O–H groups in total. The van der Waals surface area contributed by atoms with Gasteiger partial charge in [-0.3, -0.25) is 9.36 Å². The van der Waals surface area contributed by atoms with Crippen LogP contribution in [-0.4, -0.2) is 16.7 Å². The number of para-hydroxylation sites is 1. The van der Waals surface area contributed by atoms with Crippen molar-refractivity contribution in [2.45, 2.75) is 6.54 Å². The number of fused-ring (bicyclic) bond motifs is 1. The number of hydrogen-bond acceptors (Lipinski definition) is 3. The van der Waals surface area contributed by atoms with E-state index in [4.69, 9.17) is 16.3 Å². The first-order chi connectivity index (χ1) is 10.2. The summed E-state index contributed by atoms with van der Waals surface area (Å²) in [5, 5.41) is 1.04. The van der Waals surface area contributed by atoms with Crippen LogP contribution in [0.3, 0.4) is 0 Å². The molecule has 0 amide bonds. The van der Waals surface area contributed by atoms with E-state index >= 15 is 0 Å². The summed E-state index contributed by atoms with van der Waals surface area (Å²) in [7, 11) is 1.61. The fraction of sp³-hybridized carbons (Fsp3) is 0.125. The Kier molecular flexibility index (Phi) is 3.62. The molecule has 0 aliphatic rings. The van der Waals surface area contributed by atoms with Crippen molar-refractivity contribution in [1.29, 1.82) is 0 Å². The van der Waals surface area contributed by atoms with Crippen molar-refractivity contribution >= 4 is 22.5 Å². The zero-order valence-electron chi connectivity index (χ0n) is 11.4. The van der Waals surface area contributed by atoms with Crippen LogP contribution < -0.4 is 10.3 Å². The molecule has 0 fully saturated rings. The fourth-order valence-corrected chi connectivity index (χ4v) is 2.43. The van der Waals surface area contributed by atoms with Crippen LogP contribution in [-0.2, 0) is 6.54 Å². The molecular formula is C16H13ClN2O2. The number of methoxy groups -OCH3 is 1. The second-order valence-electron chi connectivity index (χ2n) is 4.65. The molecule has 0 unspecified atom stereocenters. The lowest BCUT2D eigenvalue weighted by atomic mass is 10.2. The normalized spacial score (nSPS) is 10.8. The highest BCUT2D eigenvalue weighted by Gasteiger charge is 2.08. The maximum atomic E-state index is 12.5. The lowest BCUT2D eigenvalue weighted by Crippen LogP contribution is -2.21. The molecule has 4 nitrogen and oxygen atoms in total. The van der Waals surface area contributed by atoms with E-state index in [1.54, 1.807) is 36.2 Å². The van der Waals surface area contributed by atoms with Crippen LogP contribution in [0.25, 0.3) is 10.9 Å². The van der Waals surface area contributed by atoms with E-state index in [1.807, 2.05) is 24.3 Å². The highest BCUT2D eigenvalue weighted by atomic mass is 35.5. The van der Waals surface area contributed by atoms with Crippen LogP contribution in [0.15, 0.2) is 53.6 Å². The van der Waals surface area contributed by atoms with Crippen LogP contribution in [0.2, 0.25) is 5.02 Å². The van der Waals surface area contributed by atoms with Crippen molar-refractivity contribution in [1.82, 2.24) is 9.55 Å². The van der Waals surface area contributed by atoms with E-state index in [9.17, 15) is 4.79 Å². The monoisotopic (exact) mass is 300 g/mol. The molecule has 0 radical (unpaired) electrons. The highest BCUT2D eigenvalue weighted by Crippen LogP contribution is 2.19. The average molecular weight is 301 g/mol. The van der Waals surface area contributed by atoms with Crippen molar-refractivity contribution in [2.75, 3.05) is 7.11 Å². The molecule has 1 aromatic heterocycles. The summed E-state index contributed by atoms with van der Waals surface area (Å²) in [5.74, 6) is 0.746. The smallest absolute Gasteiger partial charge is 0.261 e. The van der Waals surface area contributed by atoms with Crippen molar-refractivity contribution in [2.24, 2.45) is 0 Å². The van der Waals surface area contributed by atoms with Gasteiger partial charge >= 0.3 is 0 Å². The van der Waals surface area contributed by atoms with Gasteiger partial charge in [0.05, 0.1) is 30.9 Å². The summed E-state index contributed by atoms with van der Waals surface area (Å²) >= 11 is 5.95. The lowest BCUT2D eigenvalue weighted by Gasteiger charge is -2.10. The third kappa shape index (κ3) is 2.62. The van der Waals surface area contributed by atoms with Crippen LogP contribution in [0, 0.1) is 0 Å². The Labute approximate surface area is 126 Å². The molecule has 106 valence electrons. The molecular weight excluding hydrogens is 288 g/mol. The third-order valence-corrected chi connectivity index (χ3v) is 3.55. The van der Waals surface area contributed by atoms with Crippen LogP contribution in [0.1, 0.15) is 5.56 Å². The molecule has 0 aliphatic heterocycles. The summed E-state index contributed by atoms with van der Waals surface area (Å²) in [6.07, 6.45) is 1.55. The molecule has 0 saturated carbocycles. The number of ether oxygens (including phenoxy) is 1. The predicted octanol–water partition coefficient (Wildman–Crippen LogP) is 3.11. The topological polar surface area (TPSA) is 44.1 Å². The molecule has 5 heteroatoms. The van der Waals surface area contributed by atoms with Gasteiger partial charge in [-0.2, -0.15) is 0 Å². The quantitative estimate of drug-likeness (QED) is 0.746. The number of aromatic nitrogens is 2. The standard InChI is InChI=1S/C16H13ClN2O2/c1-21-15-5-3-2-4-11(15)9-19-10-18-14-7-6-12(17)8-13(14)16(19)20/h2-8,10H,9H2,1H3. The predicted molar refractivity (Wildman–Crippen MR) is 83.1 cm³/mol. The van der Waals surface area contributed by atoms with Crippen LogP contribution in [0.4, 0.5) is 0 Å². The van der Waals surface area contributed by atoms with Gasteiger partial charge in [0.2, 0.25) is 0 Å². The summed E-state index contributed by atoms with van der Waals surface area (Å²) < 4.78 is 6.86. The minimum atomic E-state index is -0.117. The number of halogens is 1. The Balaban J connectivity index is 2.09. The molecule has 0 bridgehead atoms. The molecule has 21 heavy (non-hydrogen) atoms. The van der Waals surface area contributed by atoms with E-state index in [-0.39, 0.29) is 5.56 Å². The molecule has 1 heterocycles. The van der Waals surface area contributed by atoms with E-state index in [2.05, 4.69) is 4.98 Å². The van der Waals surface area contributed by atoms with E-state index < -0.39 is 0 Å². The first-order valence-electron chi connectivity index (χ1n) is 6.45. The maximum absolute atomic E-state index is 12.5. The first kappa shape index (κ1) is 13.6. The number of nitrogens with zero attached hydrogens (tertiary/aromatic N) is 2. The Morgan fingerprint density at radius 3 is 2.86 bits per heavy atom. The van der Waals surface area contributed by atoms with Crippen molar-refractivity contribution < 1.29 is 4.74 Å². The van der Waals surface area contributed by atoms with Gasteiger partial charge in [-0.15, -0.1) is 0 Å². The second-order valence-corrected chi connectivity index (χ2v) is 5.09. The molecule has 0 saturated heterocycles. The minimum absolute atomic E-state index is 0.117. The molecule has 3 rings (SSSR count). The van der Waals surface area contributed by atoms with Crippen LogP contribution in [0.5, 0.6) is 5.75 Å². The summed E-state index contributed by atoms with van der Waals surface area (Å²) in [6.45, 7) is 0.401. The molecule has 0 atom stereocenters. The van der Waals surface area contributed by atoms with E-state index in [1.165, 1.54) is 0 Å². The van der Waals surface area contributed by atoms with Gasteiger partial charge in [-0.1, -0.05) is 29.8 Å². The molecule has 3 aromatic rings. The van der Waals surface area contributed by atoms with Gasteiger partial charge in [0.1, 0.15) is 5.75 Å². The van der Waals surface area contributed by atoms with Gasteiger partial charge in [-0.25, -0.2) is 4.98 Å². The number of benzene rings is 2. The summed E-state index contributed by atoms with van der Waals surface area (Å²) in [5.41, 5.74) is 1.44. The van der Waals surface area contributed by atoms with Crippen molar-refractivity contribution in [3.8, 4) is 5.75 Å². The van der Waals surface area contributed by atoms with Crippen LogP contribution >= 0.6 is 11.6 Å².